The number of nitrogens with two attached hydrogens (primary N) is 1. The molecule has 0 radical (unpaired) electrons. The third kappa shape index (κ3) is 3.55. The molecule has 4 heteroatoms. The summed E-state index contributed by atoms with van der Waals surface area (Å²) in [5.41, 5.74) is 9.75. The molecule has 2 nitrogen and oxygen atoms in total. The number of anilines is 1. The average molecular weight is 307 g/mol. The molecular weight excluding hydrogens is 287 g/mol. The zero-order valence-electron chi connectivity index (χ0n) is 12.5. The summed E-state index contributed by atoms with van der Waals surface area (Å²) in [6.07, 6.45) is 0. The number of rotatable bonds is 4. The molecule has 0 saturated carbocycles. The predicted octanol–water partition coefficient (Wildman–Crippen LogP) is 4.23. The van der Waals surface area contributed by atoms with E-state index in [0.29, 0.717) is 17.1 Å². The molecule has 2 aromatic carbocycles. The molecule has 1 unspecified atom stereocenters. The van der Waals surface area contributed by atoms with Crippen LogP contribution in [0.2, 0.25) is 5.02 Å². The Labute approximate surface area is 130 Å². The highest BCUT2D eigenvalue weighted by atomic mass is 35.5. The molecular formula is C17H20ClFN2. The summed E-state index contributed by atoms with van der Waals surface area (Å²) in [7, 11) is 1.92. The summed E-state index contributed by atoms with van der Waals surface area (Å²) >= 11 is 5.99. The Morgan fingerprint density at radius 3 is 2.33 bits per heavy atom. The number of aryl methyl sites for hydroxylation is 2. The molecule has 2 aromatic rings. The molecule has 0 spiro atoms. The number of halogens is 2. The molecule has 0 bridgehead atoms. The van der Waals surface area contributed by atoms with Crippen LogP contribution in [-0.4, -0.2) is 13.6 Å². The van der Waals surface area contributed by atoms with Gasteiger partial charge < -0.3 is 10.6 Å². The lowest BCUT2D eigenvalue weighted by Gasteiger charge is -2.30. The van der Waals surface area contributed by atoms with E-state index in [-0.39, 0.29) is 11.9 Å². The first-order chi connectivity index (χ1) is 9.92. The van der Waals surface area contributed by atoms with E-state index in [1.54, 1.807) is 12.1 Å². The van der Waals surface area contributed by atoms with Gasteiger partial charge in [-0.05, 0) is 55.3 Å². The summed E-state index contributed by atoms with van der Waals surface area (Å²) in [6.45, 7) is 4.39. The fourth-order valence-corrected chi connectivity index (χ4v) is 2.78. The van der Waals surface area contributed by atoms with Gasteiger partial charge in [-0.1, -0.05) is 17.7 Å². The number of hydrogen-bond donors (Lipinski definition) is 1. The van der Waals surface area contributed by atoms with E-state index >= 15 is 0 Å². The van der Waals surface area contributed by atoms with Gasteiger partial charge in [0.25, 0.3) is 0 Å². The third-order valence-electron chi connectivity index (χ3n) is 3.62. The van der Waals surface area contributed by atoms with E-state index in [0.717, 1.165) is 5.69 Å². The van der Waals surface area contributed by atoms with Crippen LogP contribution in [0.4, 0.5) is 10.1 Å². The van der Waals surface area contributed by atoms with Crippen molar-refractivity contribution in [2.24, 2.45) is 5.73 Å². The van der Waals surface area contributed by atoms with Gasteiger partial charge in [-0.3, -0.25) is 0 Å². The fourth-order valence-electron chi connectivity index (χ4n) is 2.60. The maximum Gasteiger partial charge on any atom is 0.128 e. The molecule has 0 aromatic heterocycles. The van der Waals surface area contributed by atoms with Crippen LogP contribution in [0, 0.1) is 19.7 Å². The third-order valence-corrected chi connectivity index (χ3v) is 3.86. The lowest BCUT2D eigenvalue weighted by atomic mass is 10.0. The van der Waals surface area contributed by atoms with Crippen molar-refractivity contribution < 1.29 is 4.39 Å². The Morgan fingerprint density at radius 2 is 1.76 bits per heavy atom. The second-order valence-electron chi connectivity index (χ2n) is 5.37. The van der Waals surface area contributed by atoms with Crippen molar-refractivity contribution in [1.82, 2.24) is 0 Å². The van der Waals surface area contributed by atoms with Crippen molar-refractivity contribution in [1.29, 1.82) is 0 Å². The zero-order valence-corrected chi connectivity index (χ0v) is 13.3. The molecule has 0 amide bonds. The molecule has 0 saturated heterocycles. The van der Waals surface area contributed by atoms with Gasteiger partial charge in [0.2, 0.25) is 0 Å². The smallest absolute Gasteiger partial charge is 0.128 e. The maximum absolute atomic E-state index is 14.1. The first-order valence-electron chi connectivity index (χ1n) is 6.88. The normalized spacial score (nSPS) is 12.3. The molecule has 0 fully saturated rings. The van der Waals surface area contributed by atoms with E-state index in [2.05, 4.69) is 18.2 Å². The maximum atomic E-state index is 14.1. The topological polar surface area (TPSA) is 29.3 Å². The van der Waals surface area contributed by atoms with Gasteiger partial charge in [-0.2, -0.15) is 0 Å². The second-order valence-corrected chi connectivity index (χ2v) is 5.81. The van der Waals surface area contributed by atoms with Crippen molar-refractivity contribution in [3.05, 3.63) is 63.9 Å². The lowest BCUT2D eigenvalue weighted by molar-refractivity contribution is 0.573. The van der Waals surface area contributed by atoms with Crippen molar-refractivity contribution in [3.63, 3.8) is 0 Å². The molecule has 1 atom stereocenters. The van der Waals surface area contributed by atoms with Crippen LogP contribution < -0.4 is 10.6 Å². The molecule has 2 N–H and O–H groups in total. The number of nitrogens with zero attached hydrogens (tertiary/aromatic N) is 1. The SMILES string of the molecule is Cc1cc(C)cc(N(C)C(CN)c2cc(Cl)ccc2F)c1. The predicted molar refractivity (Wildman–Crippen MR) is 87.5 cm³/mol. The van der Waals surface area contributed by atoms with E-state index in [1.807, 2.05) is 25.8 Å². The van der Waals surface area contributed by atoms with E-state index in [4.69, 9.17) is 17.3 Å². The molecule has 2 rings (SSSR count). The van der Waals surface area contributed by atoms with Crippen LogP contribution in [0.5, 0.6) is 0 Å². The van der Waals surface area contributed by atoms with E-state index < -0.39 is 0 Å². The first kappa shape index (κ1) is 15.8. The van der Waals surface area contributed by atoms with Crippen LogP contribution in [0.15, 0.2) is 36.4 Å². The minimum absolute atomic E-state index is 0.259. The highest BCUT2D eigenvalue weighted by Crippen LogP contribution is 2.29. The molecule has 0 aliphatic heterocycles. The van der Waals surface area contributed by atoms with Gasteiger partial charge in [-0.15, -0.1) is 0 Å². The Kier molecular flexibility index (Phi) is 4.86. The summed E-state index contributed by atoms with van der Waals surface area (Å²) in [5, 5.41) is 0.513. The van der Waals surface area contributed by atoms with E-state index in [1.165, 1.54) is 17.2 Å². The van der Waals surface area contributed by atoms with Gasteiger partial charge in [-0.25, -0.2) is 4.39 Å². The monoisotopic (exact) mass is 306 g/mol. The molecule has 0 aliphatic carbocycles. The van der Waals surface area contributed by atoms with Crippen molar-refractivity contribution >= 4 is 17.3 Å². The molecule has 112 valence electrons. The highest BCUT2D eigenvalue weighted by Gasteiger charge is 2.20. The highest BCUT2D eigenvalue weighted by molar-refractivity contribution is 6.30. The largest absolute Gasteiger partial charge is 0.366 e. The number of hydrogen-bond acceptors (Lipinski definition) is 2. The van der Waals surface area contributed by atoms with Crippen LogP contribution >= 0.6 is 11.6 Å². The Balaban J connectivity index is 2.42. The van der Waals surface area contributed by atoms with Crippen LogP contribution in [0.1, 0.15) is 22.7 Å². The van der Waals surface area contributed by atoms with Crippen LogP contribution in [0.25, 0.3) is 0 Å². The fraction of sp³-hybridized carbons (Fsp3) is 0.294. The first-order valence-corrected chi connectivity index (χ1v) is 7.26. The van der Waals surface area contributed by atoms with Gasteiger partial charge in [0, 0.05) is 29.9 Å². The van der Waals surface area contributed by atoms with Crippen molar-refractivity contribution in [2.45, 2.75) is 19.9 Å². The summed E-state index contributed by atoms with van der Waals surface area (Å²) in [4.78, 5) is 1.99. The van der Waals surface area contributed by atoms with Gasteiger partial charge in [0.15, 0.2) is 0 Å². The number of benzene rings is 2. The average Bonchev–Trinajstić information content (AvgIpc) is 2.42. The summed E-state index contributed by atoms with van der Waals surface area (Å²) < 4.78 is 14.1. The minimum atomic E-state index is -0.286. The van der Waals surface area contributed by atoms with Gasteiger partial charge >= 0.3 is 0 Å². The zero-order chi connectivity index (χ0) is 15.6. The van der Waals surface area contributed by atoms with Gasteiger partial charge in [0.05, 0.1) is 6.04 Å². The molecule has 0 aliphatic rings. The van der Waals surface area contributed by atoms with Crippen LogP contribution in [-0.2, 0) is 0 Å². The Hall–Kier alpha value is -1.58. The van der Waals surface area contributed by atoms with Crippen molar-refractivity contribution in [2.75, 3.05) is 18.5 Å². The standard InChI is InChI=1S/C17H20ClFN2/c1-11-6-12(2)8-14(7-11)21(3)17(10-20)15-9-13(18)4-5-16(15)19/h4-9,17H,10,20H2,1-3H3. The Morgan fingerprint density at radius 1 is 1.14 bits per heavy atom. The molecule has 0 heterocycles. The number of likely N-dealkylation sites (N-methyl/N-ethyl adjacent to an activating group) is 1. The molecule has 21 heavy (non-hydrogen) atoms. The van der Waals surface area contributed by atoms with Crippen LogP contribution in [0.3, 0.4) is 0 Å². The van der Waals surface area contributed by atoms with Gasteiger partial charge in [0.1, 0.15) is 5.82 Å². The Bertz CT molecular complexity index is 622. The van der Waals surface area contributed by atoms with Crippen molar-refractivity contribution in [3.8, 4) is 0 Å². The summed E-state index contributed by atoms with van der Waals surface area (Å²) in [5.74, 6) is -0.286. The lowest BCUT2D eigenvalue weighted by Crippen LogP contribution is -2.31. The quantitative estimate of drug-likeness (QED) is 0.916. The summed E-state index contributed by atoms with van der Waals surface area (Å²) in [6, 6.07) is 10.6. The minimum Gasteiger partial charge on any atom is -0.366 e. The second kappa shape index (κ2) is 6.46. The van der Waals surface area contributed by atoms with E-state index in [9.17, 15) is 4.39 Å².